The molecular weight excluding hydrogens is 200 g/mol. The molecule has 0 radical (unpaired) electrons. The number of anilines is 1. The Morgan fingerprint density at radius 3 is 2.86 bits per heavy atom. The number of benzene rings is 1. The maximum absolute atomic E-state index is 5.97. The molecular formula is C9H9ClN4. The number of nitrogens with two attached hydrogens (primary N) is 1. The molecule has 0 fully saturated rings. The Balaban J connectivity index is 2.57. The third-order valence-corrected chi connectivity index (χ3v) is 2.37. The summed E-state index contributed by atoms with van der Waals surface area (Å²) in [5, 5.41) is 8.71. The summed E-state index contributed by atoms with van der Waals surface area (Å²) in [6.45, 7) is 1.91. The van der Waals surface area contributed by atoms with E-state index in [9.17, 15) is 0 Å². The van der Waals surface area contributed by atoms with Crippen LogP contribution in [0.4, 0.5) is 5.82 Å². The summed E-state index contributed by atoms with van der Waals surface area (Å²) in [5.41, 5.74) is 7.25. The maximum Gasteiger partial charge on any atom is 0.166 e. The largest absolute Gasteiger partial charge is 0.381 e. The Labute approximate surface area is 86.3 Å². The molecule has 2 rings (SSSR count). The summed E-state index contributed by atoms with van der Waals surface area (Å²) in [7, 11) is 0. The highest BCUT2D eigenvalue weighted by atomic mass is 35.5. The lowest BCUT2D eigenvalue weighted by molar-refractivity contribution is 0.749. The van der Waals surface area contributed by atoms with Gasteiger partial charge in [-0.3, -0.25) is 0 Å². The first-order valence-corrected chi connectivity index (χ1v) is 4.49. The van der Waals surface area contributed by atoms with Gasteiger partial charge in [0.05, 0.1) is 11.9 Å². The quantitative estimate of drug-likeness (QED) is 0.778. The van der Waals surface area contributed by atoms with Crippen LogP contribution in [-0.2, 0) is 0 Å². The van der Waals surface area contributed by atoms with Crippen molar-refractivity contribution in [3.05, 3.63) is 35.0 Å². The molecule has 5 heteroatoms. The highest BCUT2D eigenvalue weighted by Crippen LogP contribution is 2.20. The fourth-order valence-electron chi connectivity index (χ4n) is 1.20. The standard InChI is InChI=1S/C9H9ClN4/c1-6-7(10)3-2-4-8(6)14-12-5-9(11)13-14/h2-5H,1H3,(H2,11,13). The lowest BCUT2D eigenvalue weighted by Gasteiger charge is -2.04. The van der Waals surface area contributed by atoms with Crippen molar-refractivity contribution in [3.63, 3.8) is 0 Å². The van der Waals surface area contributed by atoms with Crippen LogP contribution in [0, 0.1) is 6.92 Å². The number of hydrogen-bond donors (Lipinski definition) is 1. The Morgan fingerprint density at radius 2 is 2.21 bits per heavy atom. The van der Waals surface area contributed by atoms with Gasteiger partial charge in [-0.05, 0) is 24.6 Å². The van der Waals surface area contributed by atoms with E-state index in [4.69, 9.17) is 17.3 Å². The lowest BCUT2D eigenvalue weighted by Crippen LogP contribution is -2.01. The Bertz CT molecular complexity index is 464. The summed E-state index contributed by atoms with van der Waals surface area (Å²) >= 11 is 5.97. The van der Waals surface area contributed by atoms with E-state index in [2.05, 4.69) is 10.2 Å². The van der Waals surface area contributed by atoms with Crippen LogP contribution < -0.4 is 5.73 Å². The maximum atomic E-state index is 5.97. The highest BCUT2D eigenvalue weighted by Gasteiger charge is 2.05. The first kappa shape index (κ1) is 9.02. The zero-order chi connectivity index (χ0) is 10.1. The van der Waals surface area contributed by atoms with Gasteiger partial charge in [0.1, 0.15) is 0 Å². The number of nitrogen functional groups attached to an aromatic ring is 1. The van der Waals surface area contributed by atoms with Crippen LogP contribution in [0.1, 0.15) is 5.56 Å². The van der Waals surface area contributed by atoms with E-state index < -0.39 is 0 Å². The van der Waals surface area contributed by atoms with Crippen molar-refractivity contribution in [3.8, 4) is 5.69 Å². The molecule has 72 valence electrons. The SMILES string of the molecule is Cc1c(Cl)cccc1-n1ncc(N)n1. The van der Waals surface area contributed by atoms with Gasteiger partial charge in [0, 0.05) is 5.02 Å². The topological polar surface area (TPSA) is 56.7 Å². The van der Waals surface area contributed by atoms with Crippen molar-refractivity contribution in [2.75, 3.05) is 5.73 Å². The molecule has 0 saturated carbocycles. The lowest BCUT2D eigenvalue weighted by atomic mass is 10.2. The van der Waals surface area contributed by atoms with Crippen LogP contribution in [0.25, 0.3) is 5.69 Å². The molecule has 0 bridgehead atoms. The monoisotopic (exact) mass is 208 g/mol. The van der Waals surface area contributed by atoms with E-state index in [1.54, 1.807) is 0 Å². The molecule has 2 aromatic rings. The summed E-state index contributed by atoms with van der Waals surface area (Å²) < 4.78 is 0. The third kappa shape index (κ3) is 1.44. The third-order valence-electron chi connectivity index (χ3n) is 1.96. The van der Waals surface area contributed by atoms with Gasteiger partial charge in [-0.15, -0.1) is 9.90 Å². The Morgan fingerprint density at radius 1 is 1.43 bits per heavy atom. The van der Waals surface area contributed by atoms with E-state index in [1.807, 2.05) is 25.1 Å². The number of halogens is 1. The van der Waals surface area contributed by atoms with Crippen molar-refractivity contribution in [2.24, 2.45) is 0 Å². The molecule has 14 heavy (non-hydrogen) atoms. The van der Waals surface area contributed by atoms with Gasteiger partial charge >= 0.3 is 0 Å². The van der Waals surface area contributed by atoms with Crippen LogP contribution >= 0.6 is 11.6 Å². The summed E-state index contributed by atoms with van der Waals surface area (Å²) in [4.78, 5) is 1.47. The first-order valence-electron chi connectivity index (χ1n) is 4.12. The smallest absolute Gasteiger partial charge is 0.166 e. The number of hydrogen-bond acceptors (Lipinski definition) is 3. The second kappa shape index (κ2) is 3.31. The molecule has 4 nitrogen and oxygen atoms in total. The number of nitrogens with zero attached hydrogens (tertiary/aromatic N) is 3. The van der Waals surface area contributed by atoms with Gasteiger partial charge in [0.15, 0.2) is 5.82 Å². The normalized spacial score (nSPS) is 10.4. The number of rotatable bonds is 1. The van der Waals surface area contributed by atoms with Gasteiger partial charge < -0.3 is 5.73 Å². The minimum atomic E-state index is 0.393. The van der Waals surface area contributed by atoms with Crippen LogP contribution in [0.15, 0.2) is 24.4 Å². The van der Waals surface area contributed by atoms with Crippen molar-refractivity contribution < 1.29 is 0 Å². The van der Waals surface area contributed by atoms with E-state index in [-0.39, 0.29) is 0 Å². The molecule has 1 aromatic heterocycles. The van der Waals surface area contributed by atoms with Crippen LogP contribution in [0.2, 0.25) is 5.02 Å². The highest BCUT2D eigenvalue weighted by molar-refractivity contribution is 6.31. The van der Waals surface area contributed by atoms with Crippen molar-refractivity contribution in [1.82, 2.24) is 15.0 Å². The van der Waals surface area contributed by atoms with Crippen LogP contribution in [0.5, 0.6) is 0 Å². The van der Waals surface area contributed by atoms with E-state index in [1.165, 1.54) is 11.0 Å². The van der Waals surface area contributed by atoms with Crippen LogP contribution in [0.3, 0.4) is 0 Å². The second-order valence-electron chi connectivity index (χ2n) is 2.94. The average Bonchev–Trinajstić information content (AvgIpc) is 2.57. The molecule has 1 heterocycles. The predicted molar refractivity (Wildman–Crippen MR) is 55.5 cm³/mol. The molecule has 0 saturated heterocycles. The molecule has 0 aliphatic heterocycles. The van der Waals surface area contributed by atoms with E-state index in [0.717, 1.165) is 11.3 Å². The van der Waals surface area contributed by atoms with Gasteiger partial charge in [-0.2, -0.15) is 5.10 Å². The fourth-order valence-corrected chi connectivity index (χ4v) is 1.37. The fraction of sp³-hybridized carbons (Fsp3) is 0.111. The Kier molecular flexibility index (Phi) is 2.13. The number of aromatic nitrogens is 3. The van der Waals surface area contributed by atoms with Crippen LogP contribution in [-0.4, -0.2) is 15.0 Å². The van der Waals surface area contributed by atoms with Gasteiger partial charge in [0.2, 0.25) is 0 Å². The van der Waals surface area contributed by atoms with Crippen molar-refractivity contribution in [2.45, 2.75) is 6.92 Å². The minimum absolute atomic E-state index is 0.393. The molecule has 0 aliphatic rings. The van der Waals surface area contributed by atoms with Gasteiger partial charge in [-0.1, -0.05) is 17.7 Å². The zero-order valence-corrected chi connectivity index (χ0v) is 8.36. The van der Waals surface area contributed by atoms with E-state index >= 15 is 0 Å². The zero-order valence-electron chi connectivity index (χ0n) is 7.61. The molecule has 2 N–H and O–H groups in total. The molecule has 1 aromatic carbocycles. The van der Waals surface area contributed by atoms with E-state index in [0.29, 0.717) is 10.8 Å². The summed E-state index contributed by atoms with van der Waals surface area (Å²) in [5.74, 6) is 0.393. The molecule has 0 spiro atoms. The average molecular weight is 209 g/mol. The van der Waals surface area contributed by atoms with Gasteiger partial charge in [-0.25, -0.2) is 0 Å². The Hall–Kier alpha value is -1.55. The molecule has 0 aliphatic carbocycles. The molecule has 0 unspecified atom stereocenters. The van der Waals surface area contributed by atoms with Crippen molar-refractivity contribution >= 4 is 17.4 Å². The predicted octanol–water partition coefficient (Wildman–Crippen LogP) is 1.81. The van der Waals surface area contributed by atoms with Gasteiger partial charge in [0.25, 0.3) is 0 Å². The van der Waals surface area contributed by atoms with Crippen molar-refractivity contribution in [1.29, 1.82) is 0 Å². The second-order valence-corrected chi connectivity index (χ2v) is 3.35. The minimum Gasteiger partial charge on any atom is -0.381 e. The summed E-state index contributed by atoms with van der Waals surface area (Å²) in [6.07, 6.45) is 1.50. The first-order chi connectivity index (χ1) is 6.68. The molecule has 0 amide bonds. The molecule has 0 atom stereocenters. The summed E-state index contributed by atoms with van der Waals surface area (Å²) in [6, 6.07) is 5.57.